The van der Waals surface area contributed by atoms with Crippen molar-refractivity contribution < 1.29 is 14.3 Å². The van der Waals surface area contributed by atoms with Crippen LogP contribution < -0.4 is 20.9 Å². The molecule has 0 saturated carbocycles. The molecule has 6 heteroatoms. The number of amides is 2. The molecule has 1 atom stereocenters. The summed E-state index contributed by atoms with van der Waals surface area (Å²) in [4.78, 5) is 25.0. The Bertz CT molecular complexity index is 475. The maximum atomic E-state index is 11.9. The number of ether oxygens (including phenoxy) is 1. The van der Waals surface area contributed by atoms with Crippen LogP contribution in [0.5, 0.6) is 5.75 Å². The number of nitrogens with one attached hydrogen (secondary N) is 1. The Morgan fingerprint density at radius 1 is 1.50 bits per heavy atom. The standard InChI is InChI=1S/C12H15N3O3/c1-2-11(16)15-7-10(12(17)14-13)18-9-6-4-3-5-8(9)15/h3-6,10H,2,7,13H2,1H3,(H,14,17)/t10-/m1/s1. The van der Waals surface area contributed by atoms with E-state index in [2.05, 4.69) is 0 Å². The summed E-state index contributed by atoms with van der Waals surface area (Å²) in [5.74, 6) is 5.11. The van der Waals surface area contributed by atoms with Crippen LogP contribution in [-0.2, 0) is 9.59 Å². The summed E-state index contributed by atoms with van der Waals surface area (Å²) in [6.07, 6.45) is -0.411. The van der Waals surface area contributed by atoms with E-state index in [4.69, 9.17) is 10.6 Å². The molecular formula is C12H15N3O3. The van der Waals surface area contributed by atoms with Gasteiger partial charge in [-0.15, -0.1) is 0 Å². The molecule has 0 radical (unpaired) electrons. The van der Waals surface area contributed by atoms with Gasteiger partial charge >= 0.3 is 0 Å². The summed E-state index contributed by atoms with van der Waals surface area (Å²) < 4.78 is 5.52. The van der Waals surface area contributed by atoms with E-state index in [9.17, 15) is 9.59 Å². The molecule has 1 aromatic carbocycles. The van der Waals surface area contributed by atoms with E-state index < -0.39 is 12.0 Å². The highest BCUT2D eigenvalue weighted by atomic mass is 16.5. The van der Waals surface area contributed by atoms with Crippen LogP contribution in [0, 0.1) is 0 Å². The molecule has 0 unspecified atom stereocenters. The topological polar surface area (TPSA) is 84.7 Å². The van der Waals surface area contributed by atoms with Crippen molar-refractivity contribution in [3.63, 3.8) is 0 Å². The lowest BCUT2D eigenvalue weighted by Gasteiger charge is -2.33. The second kappa shape index (κ2) is 5.05. The van der Waals surface area contributed by atoms with Gasteiger partial charge in [-0.05, 0) is 12.1 Å². The van der Waals surface area contributed by atoms with Crippen LogP contribution in [-0.4, -0.2) is 24.5 Å². The lowest BCUT2D eigenvalue weighted by Crippen LogP contribution is -2.52. The quantitative estimate of drug-likeness (QED) is 0.445. The summed E-state index contributed by atoms with van der Waals surface area (Å²) in [6.45, 7) is 1.95. The van der Waals surface area contributed by atoms with Gasteiger partial charge in [0.05, 0.1) is 12.2 Å². The van der Waals surface area contributed by atoms with E-state index in [0.29, 0.717) is 17.9 Å². The summed E-state index contributed by atoms with van der Waals surface area (Å²) in [5.41, 5.74) is 2.73. The molecule has 1 aromatic rings. The van der Waals surface area contributed by atoms with Crippen molar-refractivity contribution in [2.24, 2.45) is 5.84 Å². The molecule has 0 bridgehead atoms. The van der Waals surface area contributed by atoms with Gasteiger partial charge in [-0.2, -0.15) is 0 Å². The number of carbonyl (C=O) groups excluding carboxylic acids is 2. The Morgan fingerprint density at radius 2 is 2.22 bits per heavy atom. The Balaban J connectivity index is 2.35. The predicted molar refractivity (Wildman–Crippen MR) is 65.8 cm³/mol. The fourth-order valence-corrected chi connectivity index (χ4v) is 1.89. The first kappa shape index (κ1) is 12.4. The Kier molecular flexibility index (Phi) is 3.47. The first-order chi connectivity index (χ1) is 8.67. The molecule has 1 aliphatic rings. The van der Waals surface area contributed by atoms with Gasteiger partial charge in [0.25, 0.3) is 5.91 Å². The van der Waals surface area contributed by atoms with Crippen molar-refractivity contribution in [2.45, 2.75) is 19.4 Å². The first-order valence-corrected chi connectivity index (χ1v) is 5.74. The zero-order valence-corrected chi connectivity index (χ0v) is 10.1. The van der Waals surface area contributed by atoms with Crippen LogP contribution >= 0.6 is 0 Å². The first-order valence-electron chi connectivity index (χ1n) is 5.74. The van der Waals surface area contributed by atoms with Crippen LogP contribution in [0.3, 0.4) is 0 Å². The highest BCUT2D eigenvalue weighted by Gasteiger charge is 2.32. The molecule has 0 saturated heterocycles. The van der Waals surface area contributed by atoms with E-state index >= 15 is 0 Å². The average Bonchev–Trinajstić information content (AvgIpc) is 2.44. The number of nitrogens with two attached hydrogens (primary N) is 1. The minimum Gasteiger partial charge on any atom is -0.476 e. The molecular weight excluding hydrogens is 234 g/mol. The summed E-state index contributed by atoms with van der Waals surface area (Å²) in [7, 11) is 0. The number of anilines is 1. The second-order valence-electron chi connectivity index (χ2n) is 3.94. The fourth-order valence-electron chi connectivity index (χ4n) is 1.89. The number of rotatable bonds is 2. The minimum absolute atomic E-state index is 0.0550. The monoisotopic (exact) mass is 249 g/mol. The number of hydrogen-bond acceptors (Lipinski definition) is 4. The number of benzene rings is 1. The number of hydrogen-bond donors (Lipinski definition) is 2. The van der Waals surface area contributed by atoms with Gasteiger partial charge in [-0.25, -0.2) is 5.84 Å². The molecule has 3 N–H and O–H groups in total. The van der Waals surface area contributed by atoms with E-state index in [1.54, 1.807) is 30.0 Å². The van der Waals surface area contributed by atoms with Crippen LogP contribution in [0.1, 0.15) is 13.3 Å². The van der Waals surface area contributed by atoms with E-state index in [1.807, 2.05) is 11.5 Å². The minimum atomic E-state index is -0.777. The predicted octanol–water partition coefficient (Wildman–Crippen LogP) is 0.180. The van der Waals surface area contributed by atoms with Crippen molar-refractivity contribution >= 4 is 17.5 Å². The van der Waals surface area contributed by atoms with Crippen molar-refractivity contribution in [1.29, 1.82) is 0 Å². The number of fused-ring (bicyclic) bond motifs is 1. The second-order valence-corrected chi connectivity index (χ2v) is 3.94. The number of para-hydroxylation sites is 2. The zero-order chi connectivity index (χ0) is 13.1. The lowest BCUT2D eigenvalue weighted by molar-refractivity contribution is -0.128. The van der Waals surface area contributed by atoms with Gasteiger partial charge in [0, 0.05) is 6.42 Å². The zero-order valence-electron chi connectivity index (χ0n) is 10.1. The summed E-state index contributed by atoms with van der Waals surface area (Å²) in [5, 5.41) is 0. The maximum absolute atomic E-state index is 11.9. The number of hydrazine groups is 1. The maximum Gasteiger partial charge on any atom is 0.276 e. The van der Waals surface area contributed by atoms with Crippen molar-refractivity contribution in [3.05, 3.63) is 24.3 Å². The molecule has 0 fully saturated rings. The van der Waals surface area contributed by atoms with Crippen molar-refractivity contribution in [3.8, 4) is 5.75 Å². The molecule has 6 nitrogen and oxygen atoms in total. The SMILES string of the molecule is CCC(=O)N1C[C@H](C(=O)NN)Oc2ccccc21. The third-order valence-electron chi connectivity index (χ3n) is 2.81. The molecule has 2 rings (SSSR count). The van der Waals surface area contributed by atoms with Gasteiger partial charge in [0.15, 0.2) is 6.10 Å². The Hall–Kier alpha value is -2.08. The summed E-state index contributed by atoms with van der Waals surface area (Å²) in [6, 6.07) is 7.12. The smallest absolute Gasteiger partial charge is 0.276 e. The van der Waals surface area contributed by atoms with Crippen LogP contribution in [0.25, 0.3) is 0 Å². The third-order valence-corrected chi connectivity index (χ3v) is 2.81. The molecule has 96 valence electrons. The largest absolute Gasteiger partial charge is 0.476 e. The Labute approximate surface area is 105 Å². The van der Waals surface area contributed by atoms with Crippen LogP contribution in [0.2, 0.25) is 0 Å². The van der Waals surface area contributed by atoms with E-state index in [0.717, 1.165) is 0 Å². The highest BCUT2D eigenvalue weighted by Crippen LogP contribution is 2.33. The lowest BCUT2D eigenvalue weighted by atomic mass is 10.1. The summed E-state index contributed by atoms with van der Waals surface area (Å²) >= 11 is 0. The van der Waals surface area contributed by atoms with Crippen molar-refractivity contribution in [1.82, 2.24) is 5.43 Å². The van der Waals surface area contributed by atoms with Crippen molar-refractivity contribution in [2.75, 3.05) is 11.4 Å². The molecule has 1 aliphatic heterocycles. The van der Waals surface area contributed by atoms with Gasteiger partial charge in [0.1, 0.15) is 5.75 Å². The normalized spacial score (nSPS) is 17.7. The molecule has 2 amide bonds. The fraction of sp³-hybridized carbons (Fsp3) is 0.333. The van der Waals surface area contributed by atoms with E-state index in [-0.39, 0.29) is 12.5 Å². The number of nitrogens with zero attached hydrogens (tertiary/aromatic N) is 1. The molecule has 0 spiro atoms. The molecule has 0 aromatic heterocycles. The highest BCUT2D eigenvalue weighted by molar-refractivity contribution is 5.97. The number of carbonyl (C=O) groups is 2. The average molecular weight is 249 g/mol. The third kappa shape index (κ3) is 2.14. The Morgan fingerprint density at radius 3 is 2.89 bits per heavy atom. The van der Waals surface area contributed by atoms with Gasteiger partial charge in [-0.1, -0.05) is 19.1 Å². The molecule has 1 heterocycles. The molecule has 0 aliphatic carbocycles. The van der Waals surface area contributed by atoms with Gasteiger partial charge < -0.3 is 9.64 Å². The van der Waals surface area contributed by atoms with Gasteiger partial charge in [-0.3, -0.25) is 15.0 Å². The molecule has 18 heavy (non-hydrogen) atoms. The van der Waals surface area contributed by atoms with Crippen LogP contribution in [0.4, 0.5) is 5.69 Å². The van der Waals surface area contributed by atoms with Crippen LogP contribution in [0.15, 0.2) is 24.3 Å². The van der Waals surface area contributed by atoms with E-state index in [1.165, 1.54) is 0 Å². The van der Waals surface area contributed by atoms with Gasteiger partial charge in [0.2, 0.25) is 5.91 Å².